The van der Waals surface area contributed by atoms with Crippen LogP contribution >= 0.6 is 0 Å². The minimum atomic E-state index is -3.50. The van der Waals surface area contributed by atoms with Crippen LogP contribution in [0.4, 0.5) is 0 Å². The van der Waals surface area contributed by atoms with Crippen molar-refractivity contribution in [1.82, 2.24) is 4.90 Å². The molecule has 0 aliphatic carbocycles. The molecule has 1 aliphatic heterocycles. The summed E-state index contributed by atoms with van der Waals surface area (Å²) in [5.41, 5.74) is 0.481. The van der Waals surface area contributed by atoms with Gasteiger partial charge in [-0.2, -0.15) is 0 Å². The third kappa shape index (κ3) is 3.40. The van der Waals surface area contributed by atoms with Crippen molar-refractivity contribution in [2.45, 2.75) is 38.0 Å². The summed E-state index contributed by atoms with van der Waals surface area (Å²) in [5.74, 6) is -0.337. The molecular formula is C17H23NO3S. The van der Waals surface area contributed by atoms with Gasteiger partial charge in [-0.15, -0.1) is 6.58 Å². The molecule has 1 heterocycles. The lowest BCUT2D eigenvalue weighted by molar-refractivity contribution is -0.143. The number of likely N-dealkylation sites (tertiary alicyclic amines) is 1. The average Bonchev–Trinajstić information content (AvgIpc) is 2.45. The van der Waals surface area contributed by atoms with E-state index in [0.29, 0.717) is 13.0 Å². The molecule has 120 valence electrons. The van der Waals surface area contributed by atoms with Gasteiger partial charge in [-0.05, 0) is 38.3 Å². The van der Waals surface area contributed by atoms with E-state index in [4.69, 9.17) is 0 Å². The molecule has 1 fully saturated rings. The first kappa shape index (κ1) is 16.7. The van der Waals surface area contributed by atoms with Gasteiger partial charge < -0.3 is 4.90 Å². The molecule has 2 rings (SSSR count). The van der Waals surface area contributed by atoms with Crippen molar-refractivity contribution in [2.75, 3.05) is 12.4 Å². The predicted molar refractivity (Wildman–Crippen MR) is 87.1 cm³/mol. The number of benzene rings is 1. The summed E-state index contributed by atoms with van der Waals surface area (Å²) in [6.07, 6.45) is 3.90. The van der Waals surface area contributed by atoms with E-state index in [0.717, 1.165) is 18.4 Å². The predicted octanol–water partition coefficient (Wildman–Crippen LogP) is 2.93. The Kier molecular flexibility index (Phi) is 4.75. The molecule has 4 nitrogen and oxygen atoms in total. The number of carbonyl (C=O) groups is 1. The maximum absolute atomic E-state index is 12.6. The molecule has 1 aromatic carbocycles. The molecule has 0 unspecified atom stereocenters. The second-order valence-electron chi connectivity index (χ2n) is 6.28. The molecular weight excluding hydrogens is 298 g/mol. The number of hydrogen-bond donors (Lipinski definition) is 0. The van der Waals surface area contributed by atoms with Crippen molar-refractivity contribution in [2.24, 2.45) is 5.41 Å². The lowest BCUT2D eigenvalue weighted by Crippen LogP contribution is -2.48. The van der Waals surface area contributed by atoms with E-state index in [1.807, 2.05) is 13.8 Å². The molecule has 0 saturated carbocycles. The van der Waals surface area contributed by atoms with Crippen molar-refractivity contribution in [3.8, 4) is 0 Å². The Hall–Kier alpha value is -1.62. The lowest BCUT2D eigenvalue weighted by atomic mass is 9.78. The molecule has 0 radical (unpaired) electrons. The number of aryl methyl sites for hydroxylation is 1. The summed E-state index contributed by atoms with van der Waals surface area (Å²) in [7, 11) is -3.50. The monoisotopic (exact) mass is 321 g/mol. The zero-order valence-electron chi connectivity index (χ0n) is 13.2. The summed E-state index contributed by atoms with van der Waals surface area (Å²) >= 11 is 0. The van der Waals surface area contributed by atoms with Crippen LogP contribution in [0.3, 0.4) is 0 Å². The molecule has 0 aromatic heterocycles. The fourth-order valence-corrected chi connectivity index (χ4v) is 4.26. The molecule has 0 spiro atoms. The smallest absolute Gasteiger partial charge is 0.229 e. The molecule has 0 bridgehead atoms. The first-order valence-corrected chi connectivity index (χ1v) is 9.13. The van der Waals surface area contributed by atoms with Gasteiger partial charge in [-0.3, -0.25) is 4.79 Å². The van der Waals surface area contributed by atoms with Crippen LogP contribution in [-0.2, 0) is 14.6 Å². The van der Waals surface area contributed by atoms with Gasteiger partial charge in [0.1, 0.15) is 5.88 Å². The van der Waals surface area contributed by atoms with Crippen molar-refractivity contribution < 1.29 is 13.2 Å². The van der Waals surface area contributed by atoms with Crippen LogP contribution in [0.5, 0.6) is 0 Å². The Morgan fingerprint density at radius 3 is 2.55 bits per heavy atom. The summed E-state index contributed by atoms with van der Waals surface area (Å²) in [4.78, 5) is 14.4. The van der Waals surface area contributed by atoms with E-state index >= 15 is 0 Å². The second kappa shape index (κ2) is 6.24. The molecule has 1 saturated heterocycles. The van der Waals surface area contributed by atoms with E-state index in [1.54, 1.807) is 30.3 Å². The van der Waals surface area contributed by atoms with Gasteiger partial charge in [0.25, 0.3) is 0 Å². The normalized spacial score (nSPS) is 22.6. The number of amides is 1. The Labute approximate surface area is 132 Å². The topological polar surface area (TPSA) is 54.5 Å². The number of piperidine rings is 1. The van der Waals surface area contributed by atoms with Gasteiger partial charge in [-0.1, -0.05) is 30.7 Å². The van der Waals surface area contributed by atoms with Gasteiger partial charge in [0.05, 0.1) is 10.3 Å². The molecule has 1 atom stereocenters. The molecule has 22 heavy (non-hydrogen) atoms. The number of carbonyl (C=O) groups excluding carboxylic acids is 1. The highest BCUT2D eigenvalue weighted by Crippen LogP contribution is 2.35. The van der Waals surface area contributed by atoms with Gasteiger partial charge in [0.15, 0.2) is 9.84 Å². The fourth-order valence-electron chi connectivity index (χ4n) is 2.91. The van der Waals surface area contributed by atoms with Crippen LogP contribution in [0.15, 0.2) is 41.8 Å². The van der Waals surface area contributed by atoms with E-state index in [1.165, 1.54) is 4.90 Å². The van der Waals surface area contributed by atoms with Crippen molar-refractivity contribution in [3.05, 3.63) is 42.5 Å². The zero-order chi connectivity index (χ0) is 16.4. The third-order valence-corrected chi connectivity index (χ3v) is 5.90. The van der Waals surface area contributed by atoms with E-state index in [-0.39, 0.29) is 16.7 Å². The van der Waals surface area contributed by atoms with E-state index < -0.39 is 15.3 Å². The van der Waals surface area contributed by atoms with Gasteiger partial charge in [0, 0.05) is 6.54 Å². The largest absolute Gasteiger partial charge is 0.327 e. The summed E-state index contributed by atoms with van der Waals surface area (Å²) in [5, 5.41) is 0. The number of allylic oxidation sites excluding steroid dienone is 1. The van der Waals surface area contributed by atoms with Gasteiger partial charge in [-0.25, -0.2) is 8.42 Å². The lowest BCUT2D eigenvalue weighted by Gasteiger charge is -2.38. The number of rotatable bonds is 5. The van der Waals surface area contributed by atoms with E-state index in [2.05, 4.69) is 6.58 Å². The molecule has 1 aromatic rings. The zero-order valence-corrected chi connectivity index (χ0v) is 14.0. The van der Waals surface area contributed by atoms with Crippen molar-refractivity contribution >= 4 is 15.7 Å². The fraction of sp³-hybridized carbons (Fsp3) is 0.471. The summed E-state index contributed by atoms with van der Waals surface area (Å²) in [6.45, 7) is 8.00. The molecule has 5 heteroatoms. The highest BCUT2D eigenvalue weighted by molar-refractivity contribution is 7.91. The number of sulfone groups is 1. The van der Waals surface area contributed by atoms with Crippen molar-refractivity contribution in [3.63, 3.8) is 0 Å². The Balaban J connectivity index is 2.20. The molecule has 0 N–H and O–H groups in total. The average molecular weight is 321 g/mol. The third-order valence-electron chi connectivity index (χ3n) is 4.26. The van der Waals surface area contributed by atoms with Crippen LogP contribution in [0.25, 0.3) is 0 Å². The highest BCUT2D eigenvalue weighted by atomic mass is 32.2. The number of hydrogen-bond acceptors (Lipinski definition) is 3. The Bertz CT molecular complexity index is 664. The van der Waals surface area contributed by atoms with Gasteiger partial charge in [0.2, 0.25) is 5.91 Å². The highest BCUT2D eigenvalue weighted by Gasteiger charge is 2.40. The summed E-state index contributed by atoms with van der Waals surface area (Å²) in [6, 6.07) is 6.74. The minimum Gasteiger partial charge on any atom is -0.327 e. The number of nitrogens with zero attached hydrogens (tertiary/aromatic N) is 1. The Morgan fingerprint density at radius 1 is 1.32 bits per heavy atom. The standard InChI is InChI=1S/C17H23NO3S/c1-4-10-17(3)11-5-12-18(16(17)19)13-22(20,21)15-8-6-14(2)7-9-15/h4,6-9H,1,5,10-13H2,2-3H3/t17-/m1/s1. The van der Waals surface area contributed by atoms with Crippen LogP contribution in [-0.4, -0.2) is 31.6 Å². The van der Waals surface area contributed by atoms with Crippen LogP contribution < -0.4 is 0 Å². The van der Waals surface area contributed by atoms with Gasteiger partial charge >= 0.3 is 0 Å². The van der Waals surface area contributed by atoms with Crippen molar-refractivity contribution in [1.29, 1.82) is 0 Å². The quantitative estimate of drug-likeness (QED) is 0.784. The first-order valence-electron chi connectivity index (χ1n) is 7.48. The second-order valence-corrected chi connectivity index (χ2v) is 8.24. The van der Waals surface area contributed by atoms with Crippen LogP contribution in [0.2, 0.25) is 0 Å². The van der Waals surface area contributed by atoms with Crippen LogP contribution in [0.1, 0.15) is 31.7 Å². The maximum atomic E-state index is 12.6. The molecule has 1 amide bonds. The SMILES string of the molecule is C=CC[C@]1(C)CCCN(CS(=O)(=O)c2ccc(C)cc2)C1=O. The molecule has 1 aliphatic rings. The summed E-state index contributed by atoms with van der Waals surface area (Å²) < 4.78 is 25.0. The van der Waals surface area contributed by atoms with E-state index in [9.17, 15) is 13.2 Å². The minimum absolute atomic E-state index is 0.0886. The maximum Gasteiger partial charge on any atom is 0.229 e. The first-order chi connectivity index (χ1) is 10.3. The van der Waals surface area contributed by atoms with Crippen LogP contribution in [0, 0.1) is 12.3 Å². The Morgan fingerprint density at radius 2 is 1.95 bits per heavy atom.